The lowest BCUT2D eigenvalue weighted by atomic mass is 10.3. The number of nitrogens with two attached hydrogens (primary N) is 1. The number of morpholine rings is 1. The summed E-state index contributed by atoms with van der Waals surface area (Å²) in [6.45, 7) is 1.47. The van der Waals surface area contributed by atoms with Crippen LogP contribution in [0.3, 0.4) is 0 Å². The van der Waals surface area contributed by atoms with E-state index in [1.165, 1.54) is 15.6 Å². The van der Waals surface area contributed by atoms with E-state index < -0.39 is 10.0 Å². The van der Waals surface area contributed by atoms with Gasteiger partial charge in [0, 0.05) is 13.1 Å². The second kappa shape index (κ2) is 4.80. The van der Waals surface area contributed by atoms with Gasteiger partial charge in [-0.3, -0.25) is 0 Å². The van der Waals surface area contributed by atoms with Crippen molar-refractivity contribution in [2.75, 3.05) is 26.3 Å². The maximum absolute atomic E-state index is 12.2. The summed E-state index contributed by atoms with van der Waals surface area (Å²) in [7, 11) is -3.39. The zero-order valence-electron chi connectivity index (χ0n) is 8.70. The lowest BCUT2D eigenvalue weighted by Gasteiger charge is -2.33. The molecule has 0 amide bonds. The van der Waals surface area contributed by atoms with Crippen LogP contribution in [0.5, 0.6) is 0 Å². The quantitative estimate of drug-likeness (QED) is 0.838. The minimum atomic E-state index is -3.39. The Morgan fingerprint density at radius 2 is 2.44 bits per heavy atom. The molecule has 2 rings (SSSR count). The second-order valence-electron chi connectivity index (χ2n) is 3.51. The summed E-state index contributed by atoms with van der Waals surface area (Å²) < 4.78 is 31.5. The fourth-order valence-electron chi connectivity index (χ4n) is 1.67. The van der Waals surface area contributed by atoms with Crippen LogP contribution in [0.15, 0.2) is 21.7 Å². The average molecular weight is 262 g/mol. The van der Waals surface area contributed by atoms with Gasteiger partial charge in [-0.15, -0.1) is 11.3 Å². The van der Waals surface area contributed by atoms with Gasteiger partial charge in [-0.1, -0.05) is 6.07 Å². The first kappa shape index (κ1) is 12.0. The van der Waals surface area contributed by atoms with Gasteiger partial charge in [0.05, 0.1) is 19.3 Å². The topological polar surface area (TPSA) is 72.6 Å². The standard InChI is InChI=1S/C9H14N2O3S2/c10-6-8-7-14-4-3-11(8)16(12,13)9-2-1-5-15-9/h1-2,5,8H,3-4,6-7,10H2. The van der Waals surface area contributed by atoms with Crippen molar-refractivity contribution in [1.82, 2.24) is 4.31 Å². The van der Waals surface area contributed by atoms with Gasteiger partial charge in [0.1, 0.15) is 4.21 Å². The van der Waals surface area contributed by atoms with E-state index in [2.05, 4.69) is 0 Å². The van der Waals surface area contributed by atoms with Crippen LogP contribution in [0.4, 0.5) is 0 Å². The smallest absolute Gasteiger partial charge is 0.253 e. The Hall–Kier alpha value is -0.470. The summed E-state index contributed by atoms with van der Waals surface area (Å²) in [5.74, 6) is 0. The number of nitrogens with zero attached hydrogens (tertiary/aromatic N) is 1. The molecule has 1 atom stereocenters. The number of hydrogen-bond donors (Lipinski definition) is 1. The molecule has 1 unspecified atom stereocenters. The molecule has 90 valence electrons. The molecule has 1 aromatic heterocycles. The summed E-state index contributed by atoms with van der Waals surface area (Å²) in [5.41, 5.74) is 5.56. The third-order valence-corrected chi connectivity index (χ3v) is 5.83. The first-order valence-corrected chi connectivity index (χ1v) is 7.31. The molecule has 16 heavy (non-hydrogen) atoms. The van der Waals surface area contributed by atoms with Crippen LogP contribution in [0, 0.1) is 0 Å². The molecule has 1 saturated heterocycles. The van der Waals surface area contributed by atoms with Gasteiger partial charge in [0.15, 0.2) is 0 Å². The van der Waals surface area contributed by atoms with Crippen LogP contribution >= 0.6 is 11.3 Å². The first-order valence-electron chi connectivity index (χ1n) is 4.99. The third-order valence-electron chi connectivity index (χ3n) is 2.50. The van der Waals surface area contributed by atoms with Crippen molar-refractivity contribution >= 4 is 21.4 Å². The van der Waals surface area contributed by atoms with Crippen LogP contribution < -0.4 is 5.73 Å². The Kier molecular flexibility index (Phi) is 3.60. The number of thiophene rings is 1. The molecule has 0 aliphatic carbocycles. The van der Waals surface area contributed by atoms with Crippen LogP contribution in [-0.4, -0.2) is 45.1 Å². The molecule has 2 N–H and O–H groups in total. The average Bonchev–Trinajstić information content (AvgIpc) is 2.83. The second-order valence-corrected chi connectivity index (χ2v) is 6.58. The molecule has 7 heteroatoms. The Balaban J connectivity index is 2.28. The molecule has 0 aromatic carbocycles. The number of hydrogen-bond acceptors (Lipinski definition) is 5. The van der Waals surface area contributed by atoms with E-state index in [4.69, 9.17) is 10.5 Å². The summed E-state index contributed by atoms with van der Waals surface area (Å²) in [6.07, 6.45) is 0. The Morgan fingerprint density at radius 1 is 1.62 bits per heavy atom. The Bertz CT molecular complexity index is 430. The monoisotopic (exact) mass is 262 g/mol. The van der Waals surface area contributed by atoms with Crippen molar-refractivity contribution in [1.29, 1.82) is 0 Å². The third kappa shape index (κ3) is 2.14. The highest BCUT2D eigenvalue weighted by Crippen LogP contribution is 2.23. The van der Waals surface area contributed by atoms with Gasteiger partial charge in [-0.25, -0.2) is 8.42 Å². The van der Waals surface area contributed by atoms with Crippen LogP contribution in [0.2, 0.25) is 0 Å². The zero-order chi connectivity index (χ0) is 11.6. The van der Waals surface area contributed by atoms with Crippen molar-refractivity contribution in [3.8, 4) is 0 Å². The van der Waals surface area contributed by atoms with Crippen LogP contribution in [-0.2, 0) is 14.8 Å². The van der Waals surface area contributed by atoms with Gasteiger partial charge < -0.3 is 10.5 Å². The lowest BCUT2D eigenvalue weighted by Crippen LogP contribution is -2.51. The molecule has 0 spiro atoms. The molecule has 0 bridgehead atoms. The maximum atomic E-state index is 12.2. The summed E-state index contributed by atoms with van der Waals surface area (Å²) in [5, 5.41) is 1.75. The Morgan fingerprint density at radius 3 is 3.06 bits per heavy atom. The normalized spacial score (nSPS) is 23.4. The highest BCUT2D eigenvalue weighted by Gasteiger charge is 2.33. The molecule has 1 aliphatic rings. The van der Waals surface area contributed by atoms with Crippen LogP contribution in [0.25, 0.3) is 0 Å². The van der Waals surface area contributed by atoms with Gasteiger partial charge in [-0.2, -0.15) is 4.31 Å². The highest BCUT2D eigenvalue weighted by molar-refractivity contribution is 7.91. The van der Waals surface area contributed by atoms with Crippen molar-refractivity contribution in [3.05, 3.63) is 17.5 Å². The van der Waals surface area contributed by atoms with Gasteiger partial charge >= 0.3 is 0 Å². The highest BCUT2D eigenvalue weighted by atomic mass is 32.2. The fourth-order valence-corrected chi connectivity index (χ4v) is 4.39. The molecule has 0 saturated carbocycles. The molecule has 1 aromatic rings. The van der Waals surface area contributed by atoms with E-state index in [9.17, 15) is 8.42 Å². The van der Waals surface area contributed by atoms with Crippen LogP contribution in [0.1, 0.15) is 0 Å². The number of sulfonamides is 1. The zero-order valence-corrected chi connectivity index (χ0v) is 10.3. The molecular weight excluding hydrogens is 248 g/mol. The number of ether oxygens (including phenoxy) is 1. The maximum Gasteiger partial charge on any atom is 0.253 e. The van der Waals surface area contributed by atoms with E-state index in [0.717, 1.165) is 0 Å². The SMILES string of the molecule is NCC1COCCN1S(=O)(=O)c1cccs1. The largest absolute Gasteiger partial charge is 0.378 e. The van der Waals surface area contributed by atoms with E-state index in [1.54, 1.807) is 17.5 Å². The predicted molar refractivity (Wildman–Crippen MR) is 61.9 cm³/mol. The lowest BCUT2D eigenvalue weighted by molar-refractivity contribution is 0.0359. The Labute approximate surface area is 98.9 Å². The van der Waals surface area contributed by atoms with Gasteiger partial charge in [-0.05, 0) is 11.4 Å². The predicted octanol–water partition coefficient (Wildman–Crippen LogP) is 0.0963. The fraction of sp³-hybridized carbons (Fsp3) is 0.556. The van der Waals surface area contributed by atoms with Gasteiger partial charge in [0.25, 0.3) is 10.0 Å². The van der Waals surface area contributed by atoms with E-state index in [-0.39, 0.29) is 12.6 Å². The minimum absolute atomic E-state index is 0.249. The van der Waals surface area contributed by atoms with E-state index in [1.807, 2.05) is 0 Å². The summed E-state index contributed by atoms with van der Waals surface area (Å²) in [6, 6.07) is 3.10. The van der Waals surface area contributed by atoms with Crippen molar-refractivity contribution in [3.63, 3.8) is 0 Å². The van der Waals surface area contributed by atoms with Crippen molar-refractivity contribution < 1.29 is 13.2 Å². The molecule has 5 nitrogen and oxygen atoms in total. The first-order chi connectivity index (χ1) is 7.66. The summed E-state index contributed by atoms with van der Waals surface area (Å²) in [4.78, 5) is 0. The minimum Gasteiger partial charge on any atom is -0.378 e. The van der Waals surface area contributed by atoms with E-state index >= 15 is 0 Å². The van der Waals surface area contributed by atoms with E-state index in [0.29, 0.717) is 24.0 Å². The molecular formula is C9H14N2O3S2. The molecule has 0 radical (unpaired) electrons. The van der Waals surface area contributed by atoms with Crippen molar-refractivity contribution in [2.24, 2.45) is 5.73 Å². The summed E-state index contributed by atoms with van der Waals surface area (Å²) >= 11 is 1.22. The molecule has 2 heterocycles. The van der Waals surface area contributed by atoms with Crippen molar-refractivity contribution in [2.45, 2.75) is 10.3 Å². The van der Waals surface area contributed by atoms with Gasteiger partial charge in [0.2, 0.25) is 0 Å². The molecule has 1 fully saturated rings. The molecule has 1 aliphatic heterocycles. The number of rotatable bonds is 3.